The van der Waals surface area contributed by atoms with Crippen LogP contribution in [0, 0.1) is 12.8 Å². The van der Waals surface area contributed by atoms with Gasteiger partial charge in [0, 0.05) is 25.2 Å². The summed E-state index contributed by atoms with van der Waals surface area (Å²) in [5.74, 6) is 0.333. The van der Waals surface area contributed by atoms with E-state index in [4.69, 9.17) is 4.74 Å². The quantitative estimate of drug-likeness (QED) is 0.899. The highest BCUT2D eigenvalue weighted by atomic mass is 16.5. The van der Waals surface area contributed by atoms with Crippen molar-refractivity contribution >= 4 is 11.8 Å². The molecule has 2 amide bonds. The lowest BCUT2D eigenvalue weighted by atomic mass is 10.1. The molecule has 1 aromatic carbocycles. The molecule has 1 aliphatic rings. The average molecular weight is 304 g/mol. The van der Waals surface area contributed by atoms with Crippen molar-refractivity contribution in [3.63, 3.8) is 0 Å². The zero-order valence-corrected chi connectivity index (χ0v) is 13.5. The van der Waals surface area contributed by atoms with Crippen molar-refractivity contribution in [2.75, 3.05) is 26.2 Å². The second kappa shape index (κ2) is 7.40. The first-order valence-electron chi connectivity index (χ1n) is 7.70. The monoisotopic (exact) mass is 304 g/mol. The lowest BCUT2D eigenvalue weighted by molar-refractivity contribution is -0.149. The topological polar surface area (TPSA) is 58.6 Å². The highest BCUT2D eigenvalue weighted by molar-refractivity contribution is 5.94. The number of rotatable bonds is 5. The van der Waals surface area contributed by atoms with Gasteiger partial charge in [0.05, 0.1) is 6.10 Å². The van der Waals surface area contributed by atoms with E-state index in [1.54, 1.807) is 6.07 Å². The van der Waals surface area contributed by atoms with Crippen LogP contribution in [0.4, 0.5) is 0 Å². The number of morpholine rings is 1. The molecule has 0 aliphatic carbocycles. The van der Waals surface area contributed by atoms with Gasteiger partial charge in [-0.3, -0.25) is 9.59 Å². The zero-order chi connectivity index (χ0) is 16.1. The third-order valence-electron chi connectivity index (χ3n) is 3.58. The van der Waals surface area contributed by atoms with E-state index in [2.05, 4.69) is 19.2 Å². The maximum absolute atomic E-state index is 12.1. The van der Waals surface area contributed by atoms with E-state index in [1.165, 1.54) is 0 Å². The third kappa shape index (κ3) is 4.56. The molecule has 1 fully saturated rings. The fourth-order valence-electron chi connectivity index (χ4n) is 2.52. The minimum absolute atomic E-state index is 0.0231. The largest absolute Gasteiger partial charge is 0.365 e. The molecule has 5 nitrogen and oxygen atoms in total. The van der Waals surface area contributed by atoms with Gasteiger partial charge in [-0.2, -0.15) is 0 Å². The number of hydrogen-bond acceptors (Lipinski definition) is 3. The number of aryl methyl sites for hydroxylation is 1. The second-order valence-electron chi connectivity index (χ2n) is 6.21. The molecule has 1 heterocycles. The highest BCUT2D eigenvalue weighted by Gasteiger charge is 2.26. The Bertz CT molecular complexity index is 542. The van der Waals surface area contributed by atoms with Gasteiger partial charge in [0.2, 0.25) is 5.91 Å². The van der Waals surface area contributed by atoms with Crippen LogP contribution in [0.5, 0.6) is 0 Å². The molecule has 22 heavy (non-hydrogen) atoms. The summed E-state index contributed by atoms with van der Waals surface area (Å²) in [6, 6.07) is 7.46. The molecular formula is C17H24N2O3. The number of carbonyl (C=O) groups is 2. The van der Waals surface area contributed by atoms with Gasteiger partial charge in [-0.1, -0.05) is 31.5 Å². The summed E-state index contributed by atoms with van der Waals surface area (Å²) >= 11 is 0. The minimum Gasteiger partial charge on any atom is -0.365 e. The van der Waals surface area contributed by atoms with E-state index in [-0.39, 0.29) is 24.5 Å². The first-order valence-corrected chi connectivity index (χ1v) is 7.70. The van der Waals surface area contributed by atoms with Crippen LogP contribution in [-0.4, -0.2) is 49.1 Å². The van der Waals surface area contributed by atoms with Crippen LogP contribution in [0.3, 0.4) is 0 Å². The molecule has 0 aromatic heterocycles. The van der Waals surface area contributed by atoms with E-state index in [0.717, 1.165) is 12.1 Å². The Labute approximate surface area is 131 Å². The SMILES string of the molecule is Cc1cccc(C(=O)NCC2CN(CC(C)C)C(=O)CO2)c1. The van der Waals surface area contributed by atoms with E-state index >= 15 is 0 Å². The Balaban J connectivity index is 1.86. The lowest BCUT2D eigenvalue weighted by Crippen LogP contribution is -2.51. The molecule has 1 saturated heterocycles. The van der Waals surface area contributed by atoms with Crippen molar-refractivity contribution in [3.8, 4) is 0 Å². The van der Waals surface area contributed by atoms with Crippen molar-refractivity contribution < 1.29 is 14.3 Å². The van der Waals surface area contributed by atoms with Gasteiger partial charge in [-0.05, 0) is 25.0 Å². The van der Waals surface area contributed by atoms with Crippen molar-refractivity contribution in [1.29, 1.82) is 0 Å². The number of carbonyl (C=O) groups excluding carboxylic acids is 2. The van der Waals surface area contributed by atoms with Crippen LogP contribution in [0.15, 0.2) is 24.3 Å². The van der Waals surface area contributed by atoms with Crippen molar-refractivity contribution in [2.24, 2.45) is 5.92 Å². The molecule has 0 radical (unpaired) electrons. The second-order valence-corrected chi connectivity index (χ2v) is 6.21. The van der Waals surface area contributed by atoms with Gasteiger partial charge in [-0.25, -0.2) is 0 Å². The zero-order valence-electron chi connectivity index (χ0n) is 13.5. The van der Waals surface area contributed by atoms with Crippen molar-refractivity contribution in [3.05, 3.63) is 35.4 Å². The number of nitrogens with zero attached hydrogens (tertiary/aromatic N) is 1. The van der Waals surface area contributed by atoms with E-state index < -0.39 is 0 Å². The first kappa shape index (κ1) is 16.5. The van der Waals surface area contributed by atoms with Crippen LogP contribution in [-0.2, 0) is 9.53 Å². The molecule has 5 heteroatoms. The molecule has 0 bridgehead atoms. The normalized spacial score (nSPS) is 18.6. The fourth-order valence-corrected chi connectivity index (χ4v) is 2.52. The van der Waals surface area contributed by atoms with Crippen LogP contribution in [0.1, 0.15) is 29.8 Å². The predicted molar refractivity (Wildman–Crippen MR) is 84.7 cm³/mol. The number of ether oxygens (including phenoxy) is 1. The van der Waals surface area contributed by atoms with Crippen LogP contribution in [0.2, 0.25) is 0 Å². The smallest absolute Gasteiger partial charge is 0.251 e. The summed E-state index contributed by atoms with van der Waals surface area (Å²) in [4.78, 5) is 25.7. The molecule has 1 atom stereocenters. The van der Waals surface area contributed by atoms with E-state index in [9.17, 15) is 9.59 Å². The number of amides is 2. The first-order chi connectivity index (χ1) is 10.5. The molecule has 120 valence electrons. The summed E-state index contributed by atoms with van der Waals surface area (Å²) in [5.41, 5.74) is 1.70. The number of benzene rings is 1. The van der Waals surface area contributed by atoms with Crippen LogP contribution >= 0.6 is 0 Å². The van der Waals surface area contributed by atoms with Gasteiger partial charge in [-0.15, -0.1) is 0 Å². The van der Waals surface area contributed by atoms with Crippen molar-refractivity contribution in [1.82, 2.24) is 10.2 Å². The predicted octanol–water partition coefficient (Wildman–Crippen LogP) is 1.61. The van der Waals surface area contributed by atoms with Gasteiger partial charge in [0.25, 0.3) is 5.91 Å². The molecular weight excluding hydrogens is 280 g/mol. The van der Waals surface area contributed by atoms with Gasteiger partial charge in [0.1, 0.15) is 6.61 Å². The molecule has 1 aromatic rings. The summed E-state index contributed by atoms with van der Waals surface area (Å²) in [6.45, 7) is 7.88. The van der Waals surface area contributed by atoms with E-state index in [0.29, 0.717) is 24.6 Å². The summed E-state index contributed by atoms with van der Waals surface area (Å²) in [7, 11) is 0. The maximum Gasteiger partial charge on any atom is 0.251 e. The van der Waals surface area contributed by atoms with Gasteiger partial charge < -0.3 is 15.0 Å². The third-order valence-corrected chi connectivity index (χ3v) is 3.58. The summed E-state index contributed by atoms with van der Waals surface area (Å²) in [5, 5.41) is 2.88. The summed E-state index contributed by atoms with van der Waals surface area (Å²) < 4.78 is 5.51. The van der Waals surface area contributed by atoms with E-state index in [1.807, 2.05) is 30.0 Å². The minimum atomic E-state index is -0.148. The van der Waals surface area contributed by atoms with Crippen LogP contribution < -0.4 is 5.32 Å². The fraction of sp³-hybridized carbons (Fsp3) is 0.529. The maximum atomic E-state index is 12.1. The van der Waals surface area contributed by atoms with Gasteiger partial charge in [0.15, 0.2) is 0 Å². The Kier molecular flexibility index (Phi) is 5.55. The average Bonchev–Trinajstić information content (AvgIpc) is 2.47. The number of hydrogen-bond donors (Lipinski definition) is 1. The molecule has 1 N–H and O–H groups in total. The lowest BCUT2D eigenvalue weighted by Gasteiger charge is -2.33. The Morgan fingerprint density at radius 1 is 1.45 bits per heavy atom. The summed E-state index contributed by atoms with van der Waals surface area (Å²) in [6.07, 6.45) is -0.148. The molecule has 0 spiro atoms. The molecule has 1 unspecified atom stereocenters. The van der Waals surface area contributed by atoms with Gasteiger partial charge >= 0.3 is 0 Å². The van der Waals surface area contributed by atoms with Crippen molar-refractivity contribution in [2.45, 2.75) is 26.9 Å². The Morgan fingerprint density at radius 2 is 2.23 bits per heavy atom. The molecule has 2 rings (SSSR count). The highest BCUT2D eigenvalue weighted by Crippen LogP contribution is 2.09. The molecule has 0 saturated carbocycles. The number of nitrogens with one attached hydrogen (secondary N) is 1. The molecule has 1 aliphatic heterocycles. The standard InChI is InChI=1S/C17H24N2O3/c1-12(2)9-19-10-15(22-11-16(19)20)8-18-17(21)14-6-4-5-13(3)7-14/h4-7,12,15H,8-11H2,1-3H3,(H,18,21). The Hall–Kier alpha value is -1.88. The van der Waals surface area contributed by atoms with Crippen LogP contribution in [0.25, 0.3) is 0 Å². The Morgan fingerprint density at radius 3 is 2.91 bits per heavy atom.